The van der Waals surface area contributed by atoms with Crippen LogP contribution in [0.25, 0.3) is 22.6 Å². The number of hydrogen-bond donors (Lipinski definition) is 3. The van der Waals surface area contributed by atoms with Crippen molar-refractivity contribution < 1.29 is 57.1 Å². The zero-order chi connectivity index (χ0) is 57.1. The molecule has 0 spiro atoms. The van der Waals surface area contributed by atoms with E-state index < -0.39 is 18.0 Å². The number of hydrogen-bond acceptors (Lipinski definition) is 13. The molecule has 0 radical (unpaired) electrons. The van der Waals surface area contributed by atoms with Gasteiger partial charge in [0.05, 0.1) is 30.5 Å². The van der Waals surface area contributed by atoms with Crippen LogP contribution < -0.4 is 4.74 Å². The first-order chi connectivity index (χ1) is 39.4. The van der Waals surface area contributed by atoms with Crippen LogP contribution in [0.3, 0.4) is 0 Å². The summed E-state index contributed by atoms with van der Waals surface area (Å²) in [5, 5.41) is 35.9. The van der Waals surface area contributed by atoms with E-state index in [2.05, 4.69) is 72.7 Å². The number of carbonyl (C=O) groups excluding carboxylic acids is 2. The van der Waals surface area contributed by atoms with Gasteiger partial charge in [-0.2, -0.15) is 0 Å². The summed E-state index contributed by atoms with van der Waals surface area (Å²) in [6, 6.07) is 47.6. The van der Waals surface area contributed by atoms with Crippen molar-refractivity contribution in [2.75, 3.05) is 6.61 Å². The molecule has 1 saturated heterocycles. The molecule has 15 nitrogen and oxygen atoms in total. The van der Waals surface area contributed by atoms with Gasteiger partial charge in [-0.3, -0.25) is 9.59 Å². The van der Waals surface area contributed by atoms with Crippen LogP contribution >= 0.6 is 0 Å². The summed E-state index contributed by atoms with van der Waals surface area (Å²) in [4.78, 5) is 37.9. The Morgan fingerprint density at radius 1 is 0.635 bits per heavy atom. The number of nitrogens with zero attached hydrogens (tertiary/aromatic N) is 3. The van der Waals surface area contributed by atoms with Gasteiger partial charge in [-0.05, 0) is 110 Å². The van der Waals surface area contributed by atoms with Crippen molar-refractivity contribution in [2.45, 2.75) is 146 Å². The molecule has 3 N–H and O–H groups in total. The zero-order valence-electron chi connectivity index (χ0n) is 46.2. The Balaban J connectivity index is 0.000000278. The van der Waals surface area contributed by atoms with Crippen LogP contribution in [0.2, 0.25) is 0 Å². The molecule has 3 atom stereocenters. The van der Waals surface area contributed by atoms with Crippen molar-refractivity contribution in [3.05, 3.63) is 226 Å². The number of phenols is 1. The highest BCUT2D eigenvalue weighted by atomic mass is 16.6. The number of benzene rings is 5. The molecule has 2 amide bonds. The minimum atomic E-state index is -0.893. The number of phenolic OH excluding ortho intramolecular Hbond substituents is 1. The molecule has 0 bridgehead atoms. The van der Waals surface area contributed by atoms with Gasteiger partial charge in [0.15, 0.2) is 0 Å². The molecule has 1 aliphatic heterocycles. The quantitative estimate of drug-likeness (QED) is 0.0576. The number of rotatable bonds is 22. The monoisotopic (exact) mass is 1160 g/mol. The maximum atomic E-state index is 13.1. The molecular weight excluding hydrogens is 1070 g/mol. The Labute approximate surface area is 501 Å². The highest BCUT2D eigenvalue weighted by Gasteiger charge is 2.39. The van der Waals surface area contributed by atoms with Crippen LogP contribution in [-0.2, 0) is 46.8 Å². The predicted octanol–water partition coefficient (Wildman–Crippen LogP) is 16.9. The van der Waals surface area contributed by atoms with Crippen LogP contribution in [0, 0.1) is 13.8 Å². The van der Waals surface area contributed by atoms with E-state index in [1.54, 1.807) is 36.4 Å². The first-order valence-corrected chi connectivity index (χ1v) is 27.4. The fraction of sp³-hybridized carbons (Fsp3) is 0.329. The molecule has 0 unspecified atom stereocenters. The molecule has 1 aliphatic rings. The van der Waals surface area contributed by atoms with Crippen LogP contribution in [0.15, 0.2) is 182 Å². The van der Waals surface area contributed by atoms with Gasteiger partial charge in [-0.15, -0.1) is 0 Å². The molecule has 5 aromatic carbocycles. The van der Waals surface area contributed by atoms with E-state index in [0.29, 0.717) is 30.2 Å². The van der Waals surface area contributed by atoms with Crippen LogP contribution in [-0.4, -0.2) is 61.2 Å². The lowest BCUT2D eigenvalue weighted by Crippen LogP contribution is -2.40. The summed E-state index contributed by atoms with van der Waals surface area (Å²) in [6.45, 7) is 8.81. The average Bonchev–Trinajstić information content (AvgIpc) is 4.58. The summed E-state index contributed by atoms with van der Waals surface area (Å²) >= 11 is 0. The van der Waals surface area contributed by atoms with Crippen LogP contribution in [0.1, 0.15) is 156 Å². The van der Waals surface area contributed by atoms with E-state index in [9.17, 15) is 24.6 Å². The summed E-state index contributed by atoms with van der Waals surface area (Å²) < 4.78 is 32.6. The molecule has 452 valence electrons. The van der Waals surface area contributed by atoms with Gasteiger partial charge in [0.1, 0.15) is 60.3 Å². The first kappa shape index (κ1) is 68.5. The number of aliphatic hydroxyl groups excluding tert-OH is 1. The summed E-state index contributed by atoms with van der Waals surface area (Å²) in [5.41, 5.74) is 10.5. The normalized spacial score (nSPS) is 12.9. The number of unbranched alkanes of at least 4 members (excludes halogenated alkanes) is 2. The van der Waals surface area contributed by atoms with Gasteiger partial charge in [-0.1, -0.05) is 170 Å². The van der Waals surface area contributed by atoms with E-state index in [1.807, 2.05) is 80.6 Å². The van der Waals surface area contributed by atoms with Crippen LogP contribution in [0.4, 0.5) is 4.79 Å². The fourth-order valence-corrected chi connectivity index (χ4v) is 9.56. The standard InChI is InChI=1S/C28H29NO5.C22H20N2O5.C16H20O2.4CH4/c1-3-4-5-20-6-8-22(9-7-20)27-16-23(19(2)34-27)18-32-24-12-10-21(11-13-24)25(17-28(30)31)26-14-15-33-29-26;25-18-8-6-16(7-9-18)19(20-10-11-29-23-20)13-21(26)24-17(14-28-22(24)27)12-15-4-2-1-3-5-15;1-3-4-5-13-6-8-14(9-7-13)16-10-15(11-17)12(2)18-16;;;;/h6-16,25H,3-5,17-18H2,1-2H3,(H,30,31);1-11,17,19,25H,12-14H2;6-10,17H,3-5,11H2,1-2H3;4*1H4/t25-;17-,19-;;;;;/m00...../s1. The van der Waals surface area contributed by atoms with Crippen molar-refractivity contribution in [3.63, 3.8) is 0 Å². The number of aliphatic hydroxyl groups is 1. The number of aromatic hydroxyl groups is 1. The molecule has 9 aromatic rings. The largest absolute Gasteiger partial charge is 0.508 e. The summed E-state index contributed by atoms with van der Waals surface area (Å²) in [7, 11) is 0. The minimum Gasteiger partial charge on any atom is -0.508 e. The molecule has 85 heavy (non-hydrogen) atoms. The molecule has 1 fully saturated rings. The first-order valence-electron chi connectivity index (χ1n) is 27.4. The number of aromatic nitrogens is 2. The number of furan rings is 2. The third-order valence-corrected chi connectivity index (χ3v) is 14.2. The zero-order valence-corrected chi connectivity index (χ0v) is 46.2. The Morgan fingerprint density at radius 3 is 1.60 bits per heavy atom. The SMILES string of the molecule is C.C.C.C.CCCCc1ccc(-c2cc(CO)c(C)o2)cc1.CCCCc1ccc(-c2cc(COc3ccc([C@H](CC(=O)O)c4ccon4)cc3)c(C)o2)cc1.O=C(C[C@@H](c1ccc(O)cc1)c1ccon1)N1C(=O)OC[C@@H]1Cc1ccccc1. The highest BCUT2D eigenvalue weighted by molar-refractivity contribution is 5.94. The van der Waals surface area contributed by atoms with Crippen molar-refractivity contribution >= 4 is 18.0 Å². The van der Waals surface area contributed by atoms with Crippen molar-refractivity contribution in [2.24, 2.45) is 0 Å². The lowest BCUT2D eigenvalue weighted by molar-refractivity contribution is -0.137. The highest BCUT2D eigenvalue weighted by Crippen LogP contribution is 2.33. The van der Waals surface area contributed by atoms with Crippen molar-refractivity contribution in [1.29, 1.82) is 0 Å². The maximum absolute atomic E-state index is 13.1. The third-order valence-electron chi connectivity index (χ3n) is 14.2. The predicted molar refractivity (Wildman–Crippen MR) is 332 cm³/mol. The van der Waals surface area contributed by atoms with E-state index in [4.69, 9.17) is 32.5 Å². The number of imide groups is 1. The van der Waals surface area contributed by atoms with Crippen molar-refractivity contribution in [1.82, 2.24) is 15.2 Å². The Kier molecular flexibility index (Phi) is 27.4. The molecule has 4 aromatic heterocycles. The Hall–Kier alpha value is -8.95. The second kappa shape index (κ2) is 34.0. The third kappa shape index (κ3) is 19.0. The van der Waals surface area contributed by atoms with Crippen molar-refractivity contribution in [3.8, 4) is 34.1 Å². The van der Waals surface area contributed by atoms with E-state index in [-0.39, 0.29) is 79.4 Å². The van der Waals surface area contributed by atoms with Gasteiger partial charge in [0.2, 0.25) is 5.91 Å². The van der Waals surface area contributed by atoms with E-state index in [1.165, 1.54) is 54.2 Å². The number of ether oxygens (including phenoxy) is 2. The molecule has 15 heteroatoms. The molecule has 10 rings (SSSR count). The summed E-state index contributed by atoms with van der Waals surface area (Å²) in [5.74, 6) is 2.09. The van der Waals surface area contributed by atoms with E-state index >= 15 is 0 Å². The van der Waals surface area contributed by atoms with Crippen LogP contribution in [0.5, 0.6) is 11.5 Å². The summed E-state index contributed by atoms with van der Waals surface area (Å²) in [6.07, 6.45) is 9.83. The maximum Gasteiger partial charge on any atom is 0.416 e. The smallest absolute Gasteiger partial charge is 0.416 e. The minimum absolute atomic E-state index is 0. The topological polar surface area (TPSA) is 212 Å². The fourth-order valence-electron chi connectivity index (χ4n) is 9.56. The van der Waals surface area contributed by atoms with Gasteiger partial charge in [0, 0.05) is 52.6 Å². The Morgan fingerprint density at radius 2 is 1.13 bits per heavy atom. The molecule has 0 saturated carbocycles. The number of carboxylic acid groups (broad SMARTS) is 1. The van der Waals surface area contributed by atoms with Gasteiger partial charge in [0.25, 0.3) is 0 Å². The molecular formula is C70H85N3O12. The van der Waals surface area contributed by atoms with Gasteiger partial charge < -0.3 is 42.7 Å². The number of cyclic esters (lactones) is 1. The number of carboxylic acids is 1. The van der Waals surface area contributed by atoms with E-state index in [0.717, 1.165) is 74.8 Å². The number of aliphatic carboxylic acids is 1. The molecule has 0 aliphatic carbocycles. The van der Waals surface area contributed by atoms with Gasteiger partial charge in [-0.25, -0.2) is 9.69 Å². The average molecular weight is 1160 g/mol. The number of amides is 2. The number of carbonyl (C=O) groups is 3. The Bertz CT molecular complexity index is 3350. The lowest BCUT2D eigenvalue weighted by atomic mass is 9.91. The number of aryl methyl sites for hydroxylation is 4. The second-order valence-corrected chi connectivity index (χ2v) is 20.0. The lowest BCUT2D eigenvalue weighted by Gasteiger charge is -2.22. The molecule has 5 heterocycles. The van der Waals surface area contributed by atoms with Gasteiger partial charge >= 0.3 is 12.1 Å². The second-order valence-electron chi connectivity index (χ2n) is 20.0.